The van der Waals surface area contributed by atoms with Crippen LogP contribution in [0.1, 0.15) is 29.5 Å². The predicted octanol–water partition coefficient (Wildman–Crippen LogP) is 3.20. The Hall–Kier alpha value is -3.92. The fraction of sp³-hybridized carbons (Fsp3) is 0.250. The lowest BCUT2D eigenvalue weighted by atomic mass is 9.99. The number of nitrogens with one attached hydrogen (secondary N) is 1. The molecule has 2 aliphatic rings. The van der Waals surface area contributed by atoms with Crippen LogP contribution in [0.4, 0.5) is 5.82 Å². The lowest BCUT2D eigenvalue weighted by molar-refractivity contribution is -0.125. The van der Waals surface area contributed by atoms with Crippen molar-refractivity contribution in [3.63, 3.8) is 0 Å². The maximum atomic E-state index is 12.6. The smallest absolute Gasteiger partial charge is 0.246 e. The molecule has 156 valence electrons. The van der Waals surface area contributed by atoms with Crippen LogP contribution in [-0.2, 0) is 16.0 Å². The van der Waals surface area contributed by atoms with Gasteiger partial charge in [0.05, 0.1) is 0 Å². The number of aryl methyl sites for hydroxylation is 1. The van der Waals surface area contributed by atoms with Crippen LogP contribution < -0.4 is 10.1 Å². The van der Waals surface area contributed by atoms with Gasteiger partial charge >= 0.3 is 0 Å². The van der Waals surface area contributed by atoms with Gasteiger partial charge in [-0.2, -0.15) is 5.26 Å². The largest absolute Gasteiger partial charge is 0.479 e. The molecule has 1 N–H and O–H groups in total. The molecular formula is C24H22N4O3. The molecule has 2 aromatic rings. The van der Waals surface area contributed by atoms with Gasteiger partial charge in [0, 0.05) is 31.8 Å². The summed E-state index contributed by atoms with van der Waals surface area (Å²) >= 11 is 0. The fourth-order valence-electron chi connectivity index (χ4n) is 3.65. The first kappa shape index (κ1) is 20.4. The molecule has 2 amide bonds. The zero-order chi connectivity index (χ0) is 21.6. The molecule has 31 heavy (non-hydrogen) atoms. The molecule has 3 heterocycles. The molecule has 0 bridgehead atoms. The van der Waals surface area contributed by atoms with Gasteiger partial charge in [0.25, 0.3) is 0 Å². The molecule has 0 saturated carbocycles. The molecule has 7 heteroatoms. The zero-order valence-corrected chi connectivity index (χ0v) is 17.0. The number of hydrogen-bond acceptors (Lipinski definition) is 5. The molecule has 0 unspecified atom stereocenters. The number of carbonyl (C=O) groups is 2. The van der Waals surface area contributed by atoms with Crippen molar-refractivity contribution < 1.29 is 14.3 Å². The molecule has 4 rings (SSSR count). The molecule has 1 aromatic heterocycles. The van der Waals surface area contributed by atoms with E-state index in [2.05, 4.69) is 16.4 Å². The van der Waals surface area contributed by atoms with Gasteiger partial charge in [-0.25, -0.2) is 4.98 Å². The van der Waals surface area contributed by atoms with Gasteiger partial charge in [0.15, 0.2) is 6.61 Å². The van der Waals surface area contributed by atoms with Crippen molar-refractivity contribution in [2.45, 2.75) is 19.3 Å². The normalized spacial score (nSPS) is 15.6. The zero-order valence-electron chi connectivity index (χ0n) is 17.0. The van der Waals surface area contributed by atoms with E-state index >= 15 is 0 Å². The van der Waals surface area contributed by atoms with E-state index in [4.69, 9.17) is 10.00 Å². The number of aromatic nitrogens is 1. The molecule has 0 saturated heterocycles. The molecule has 0 spiro atoms. The van der Waals surface area contributed by atoms with Crippen molar-refractivity contribution in [2.75, 3.05) is 25.0 Å². The highest BCUT2D eigenvalue weighted by Gasteiger charge is 2.17. The second-order valence-electron chi connectivity index (χ2n) is 7.39. The minimum absolute atomic E-state index is 0.0146. The summed E-state index contributed by atoms with van der Waals surface area (Å²) in [6.07, 6.45) is 8.97. The molecule has 0 radical (unpaired) electrons. The molecule has 1 aromatic carbocycles. The number of hydrogen-bond donors (Lipinski definition) is 1. The lowest BCUT2D eigenvalue weighted by Gasteiger charge is -2.25. The summed E-state index contributed by atoms with van der Waals surface area (Å²) < 4.78 is 5.28. The van der Waals surface area contributed by atoms with E-state index in [1.165, 1.54) is 5.57 Å². The highest BCUT2D eigenvalue weighted by molar-refractivity contribution is 5.94. The van der Waals surface area contributed by atoms with E-state index in [0.717, 1.165) is 23.1 Å². The lowest BCUT2D eigenvalue weighted by Crippen LogP contribution is -2.33. The van der Waals surface area contributed by atoms with Crippen LogP contribution in [0.15, 0.2) is 48.7 Å². The Kier molecular flexibility index (Phi) is 6.08. The third-order valence-electron chi connectivity index (χ3n) is 5.33. The van der Waals surface area contributed by atoms with Crippen LogP contribution in [0, 0.1) is 11.3 Å². The summed E-state index contributed by atoms with van der Waals surface area (Å²) in [6.45, 7) is 1.24. The van der Waals surface area contributed by atoms with Gasteiger partial charge in [-0.3, -0.25) is 9.59 Å². The van der Waals surface area contributed by atoms with E-state index in [-0.39, 0.29) is 18.4 Å². The first-order chi connectivity index (χ1) is 15.1. The quantitative estimate of drug-likeness (QED) is 0.758. The van der Waals surface area contributed by atoms with Crippen molar-refractivity contribution in [3.05, 3.63) is 65.4 Å². The Morgan fingerprint density at radius 1 is 1.26 bits per heavy atom. The number of amides is 2. The highest BCUT2D eigenvalue weighted by Crippen LogP contribution is 2.25. The Morgan fingerprint density at radius 3 is 2.84 bits per heavy atom. The maximum Gasteiger partial charge on any atom is 0.246 e. The topological polar surface area (TPSA) is 95.3 Å². The number of anilines is 1. The predicted molar refractivity (Wildman–Crippen MR) is 117 cm³/mol. The van der Waals surface area contributed by atoms with Crippen LogP contribution in [0.5, 0.6) is 5.75 Å². The van der Waals surface area contributed by atoms with Crippen LogP contribution in [0.2, 0.25) is 0 Å². The van der Waals surface area contributed by atoms with Gasteiger partial charge in [0.2, 0.25) is 11.8 Å². The Balaban J connectivity index is 1.35. The maximum absolute atomic E-state index is 12.6. The van der Waals surface area contributed by atoms with E-state index in [0.29, 0.717) is 37.5 Å². The molecular weight excluding hydrogens is 392 g/mol. The van der Waals surface area contributed by atoms with Crippen molar-refractivity contribution in [2.24, 2.45) is 0 Å². The summed E-state index contributed by atoms with van der Waals surface area (Å²) in [5.74, 6) is 1.22. The highest BCUT2D eigenvalue weighted by atomic mass is 16.5. The van der Waals surface area contributed by atoms with E-state index in [1.54, 1.807) is 23.2 Å². The molecule has 0 fully saturated rings. The van der Waals surface area contributed by atoms with Crippen molar-refractivity contribution in [1.29, 1.82) is 5.26 Å². The first-order valence-electron chi connectivity index (χ1n) is 10.2. The number of pyridine rings is 1. The minimum atomic E-state index is -0.0402. The van der Waals surface area contributed by atoms with Crippen molar-refractivity contribution >= 4 is 29.3 Å². The third-order valence-corrected chi connectivity index (χ3v) is 5.33. The Morgan fingerprint density at radius 2 is 2.10 bits per heavy atom. The van der Waals surface area contributed by atoms with Crippen LogP contribution in [0.25, 0.3) is 11.6 Å². The SMILES string of the molecule is N#CCOc1ccc(C2=CCN(C(=O)C=Cc3cnc4c(c3)CCC(=O)N4)CC2)cc1. The van der Waals surface area contributed by atoms with Gasteiger partial charge in [0.1, 0.15) is 17.6 Å². The first-order valence-corrected chi connectivity index (χ1v) is 10.2. The average Bonchev–Trinajstić information content (AvgIpc) is 2.81. The fourth-order valence-corrected chi connectivity index (χ4v) is 3.65. The Labute approximate surface area is 180 Å². The Bertz CT molecular complexity index is 1100. The third kappa shape index (κ3) is 4.98. The van der Waals surface area contributed by atoms with Crippen molar-refractivity contribution in [1.82, 2.24) is 9.88 Å². The molecule has 7 nitrogen and oxygen atoms in total. The van der Waals surface area contributed by atoms with Crippen LogP contribution >= 0.6 is 0 Å². The summed E-state index contributed by atoms with van der Waals surface area (Å²) in [7, 11) is 0. The van der Waals surface area contributed by atoms with E-state index in [1.807, 2.05) is 36.4 Å². The summed E-state index contributed by atoms with van der Waals surface area (Å²) in [6, 6.07) is 11.6. The summed E-state index contributed by atoms with van der Waals surface area (Å²) in [5.41, 5.74) is 4.12. The second kappa shape index (κ2) is 9.26. The van der Waals surface area contributed by atoms with Gasteiger partial charge in [-0.05, 0) is 59.4 Å². The van der Waals surface area contributed by atoms with E-state index < -0.39 is 0 Å². The number of ether oxygens (including phenoxy) is 1. The van der Waals surface area contributed by atoms with Gasteiger partial charge in [-0.1, -0.05) is 18.2 Å². The van der Waals surface area contributed by atoms with Gasteiger partial charge < -0.3 is 15.0 Å². The number of carbonyl (C=O) groups excluding carboxylic acids is 2. The summed E-state index contributed by atoms with van der Waals surface area (Å²) in [4.78, 5) is 30.1. The molecule has 0 aliphatic carbocycles. The van der Waals surface area contributed by atoms with Crippen LogP contribution in [-0.4, -0.2) is 41.4 Å². The number of nitriles is 1. The second-order valence-corrected chi connectivity index (χ2v) is 7.39. The van der Waals surface area contributed by atoms with E-state index in [9.17, 15) is 9.59 Å². The molecule has 0 atom stereocenters. The monoisotopic (exact) mass is 414 g/mol. The molecule has 2 aliphatic heterocycles. The summed E-state index contributed by atoms with van der Waals surface area (Å²) in [5, 5.41) is 11.3. The number of rotatable bonds is 5. The van der Waals surface area contributed by atoms with Crippen LogP contribution in [0.3, 0.4) is 0 Å². The number of benzene rings is 1. The van der Waals surface area contributed by atoms with Crippen molar-refractivity contribution in [3.8, 4) is 11.8 Å². The number of nitrogens with zero attached hydrogens (tertiary/aromatic N) is 3. The standard InChI is InChI=1S/C24H22N4O3/c25-11-14-31-21-5-2-18(3-6-21)19-9-12-28(13-10-19)23(30)8-1-17-15-20-4-7-22(29)27-24(20)26-16-17/h1-3,5-6,8-9,15-16H,4,7,10,12-14H2,(H,26,27,29). The number of fused-ring (bicyclic) bond motifs is 1. The minimum Gasteiger partial charge on any atom is -0.479 e. The van der Waals surface area contributed by atoms with Gasteiger partial charge in [-0.15, -0.1) is 0 Å². The average molecular weight is 414 g/mol.